The van der Waals surface area contributed by atoms with Gasteiger partial charge in [-0.2, -0.15) is 0 Å². The predicted molar refractivity (Wildman–Crippen MR) is 49.1 cm³/mol. The fraction of sp³-hybridized carbons (Fsp3) is 1.00. The van der Waals surface area contributed by atoms with E-state index in [1.165, 1.54) is 25.7 Å². The maximum atomic E-state index is 5.50. The smallest absolute Gasteiger partial charge is 0.165 e. The Morgan fingerprint density at radius 3 is 2.33 bits per heavy atom. The molecular weight excluding hydrogens is 152 g/mol. The summed E-state index contributed by atoms with van der Waals surface area (Å²) in [6.45, 7) is 5.81. The van der Waals surface area contributed by atoms with E-state index >= 15 is 0 Å². The normalized spacial score (nSPS) is 21.5. The highest BCUT2D eigenvalue weighted by molar-refractivity contribution is 4.67. The molecule has 12 heavy (non-hydrogen) atoms. The summed E-state index contributed by atoms with van der Waals surface area (Å²) in [5, 5.41) is 0. The fourth-order valence-electron chi connectivity index (χ4n) is 1.57. The highest BCUT2D eigenvalue weighted by Gasteiger charge is 2.29. The van der Waals surface area contributed by atoms with Crippen LogP contribution in [0.15, 0.2) is 0 Å². The van der Waals surface area contributed by atoms with Gasteiger partial charge in [-0.25, -0.2) is 0 Å². The summed E-state index contributed by atoms with van der Waals surface area (Å²) >= 11 is 0. The maximum Gasteiger partial charge on any atom is 0.165 e. The van der Waals surface area contributed by atoms with Gasteiger partial charge in [0.1, 0.15) is 0 Å². The lowest BCUT2D eigenvalue weighted by Gasteiger charge is -2.21. The van der Waals surface area contributed by atoms with E-state index in [1.54, 1.807) is 0 Å². The van der Waals surface area contributed by atoms with E-state index in [9.17, 15) is 0 Å². The highest BCUT2D eigenvalue weighted by atomic mass is 16.7. The lowest BCUT2D eigenvalue weighted by Crippen LogP contribution is -2.24. The van der Waals surface area contributed by atoms with Crippen molar-refractivity contribution in [3.8, 4) is 0 Å². The molecule has 2 heteroatoms. The Balaban J connectivity index is 2.05. The monoisotopic (exact) mass is 172 g/mol. The van der Waals surface area contributed by atoms with Crippen LogP contribution in [-0.2, 0) is 9.47 Å². The highest BCUT2D eigenvalue weighted by Crippen LogP contribution is 2.25. The van der Waals surface area contributed by atoms with E-state index in [-0.39, 0.29) is 5.79 Å². The van der Waals surface area contributed by atoms with Gasteiger partial charge in [0.15, 0.2) is 5.79 Å². The van der Waals surface area contributed by atoms with Crippen molar-refractivity contribution in [3.63, 3.8) is 0 Å². The van der Waals surface area contributed by atoms with Gasteiger partial charge in [-0.3, -0.25) is 0 Å². The Hall–Kier alpha value is -0.0800. The molecular formula is C10H20O2. The molecule has 0 radical (unpaired) electrons. The van der Waals surface area contributed by atoms with Gasteiger partial charge in [0.25, 0.3) is 0 Å². The van der Waals surface area contributed by atoms with Crippen LogP contribution in [0.1, 0.15) is 46.0 Å². The lowest BCUT2D eigenvalue weighted by molar-refractivity contribution is -0.147. The topological polar surface area (TPSA) is 18.5 Å². The molecule has 0 unspecified atom stereocenters. The first-order valence-corrected chi connectivity index (χ1v) is 5.05. The third kappa shape index (κ3) is 3.11. The molecule has 0 spiro atoms. The second-order valence-electron chi connectivity index (χ2n) is 3.64. The zero-order chi connectivity index (χ0) is 8.86. The minimum Gasteiger partial charge on any atom is -0.348 e. The molecule has 1 aliphatic heterocycles. The van der Waals surface area contributed by atoms with Crippen molar-refractivity contribution in [2.75, 3.05) is 13.2 Å². The molecule has 0 aromatic heterocycles. The van der Waals surface area contributed by atoms with Crippen molar-refractivity contribution < 1.29 is 9.47 Å². The first-order chi connectivity index (χ1) is 5.77. The van der Waals surface area contributed by atoms with Crippen molar-refractivity contribution in [1.82, 2.24) is 0 Å². The average Bonchev–Trinajstić information content (AvgIpc) is 2.47. The van der Waals surface area contributed by atoms with E-state index in [2.05, 4.69) is 6.92 Å². The summed E-state index contributed by atoms with van der Waals surface area (Å²) in [6.07, 6.45) is 6.20. The molecule has 0 aromatic rings. The van der Waals surface area contributed by atoms with Crippen molar-refractivity contribution in [1.29, 1.82) is 0 Å². The Morgan fingerprint density at radius 1 is 1.08 bits per heavy atom. The number of hydrogen-bond donors (Lipinski definition) is 0. The summed E-state index contributed by atoms with van der Waals surface area (Å²) in [5.41, 5.74) is 0. The molecule has 1 saturated heterocycles. The molecule has 72 valence electrons. The van der Waals surface area contributed by atoms with Crippen LogP contribution in [0.2, 0.25) is 0 Å². The Morgan fingerprint density at radius 2 is 1.75 bits per heavy atom. The van der Waals surface area contributed by atoms with E-state index in [4.69, 9.17) is 9.47 Å². The van der Waals surface area contributed by atoms with Crippen LogP contribution >= 0.6 is 0 Å². The SMILES string of the molecule is CCCCCCC1(C)OCCO1. The average molecular weight is 172 g/mol. The number of hydrogen-bond acceptors (Lipinski definition) is 2. The molecule has 1 aliphatic rings. The van der Waals surface area contributed by atoms with Gasteiger partial charge in [-0.05, 0) is 13.3 Å². The standard InChI is InChI=1S/C10H20O2/c1-3-4-5-6-7-10(2)11-8-9-12-10/h3-9H2,1-2H3. The molecule has 0 saturated carbocycles. The van der Waals surface area contributed by atoms with Crippen LogP contribution in [-0.4, -0.2) is 19.0 Å². The third-order valence-corrected chi connectivity index (χ3v) is 2.38. The van der Waals surface area contributed by atoms with Crippen LogP contribution in [0.25, 0.3) is 0 Å². The van der Waals surface area contributed by atoms with Gasteiger partial charge in [0.2, 0.25) is 0 Å². The van der Waals surface area contributed by atoms with E-state index in [1.807, 2.05) is 6.92 Å². The molecule has 0 amide bonds. The van der Waals surface area contributed by atoms with E-state index < -0.39 is 0 Å². The Kier molecular flexibility index (Phi) is 4.02. The van der Waals surface area contributed by atoms with E-state index in [0.717, 1.165) is 19.6 Å². The summed E-state index contributed by atoms with van der Waals surface area (Å²) in [4.78, 5) is 0. The minimum atomic E-state index is -0.256. The van der Waals surface area contributed by atoms with Gasteiger partial charge >= 0.3 is 0 Å². The molecule has 1 rings (SSSR count). The maximum absolute atomic E-state index is 5.50. The third-order valence-electron chi connectivity index (χ3n) is 2.38. The lowest BCUT2D eigenvalue weighted by atomic mass is 10.1. The van der Waals surface area contributed by atoms with Crippen LogP contribution in [0, 0.1) is 0 Å². The first-order valence-electron chi connectivity index (χ1n) is 5.05. The zero-order valence-corrected chi connectivity index (χ0v) is 8.27. The van der Waals surface area contributed by atoms with Crippen LogP contribution < -0.4 is 0 Å². The van der Waals surface area contributed by atoms with Crippen molar-refractivity contribution >= 4 is 0 Å². The fourth-order valence-corrected chi connectivity index (χ4v) is 1.57. The molecule has 0 bridgehead atoms. The molecule has 2 nitrogen and oxygen atoms in total. The molecule has 0 aliphatic carbocycles. The van der Waals surface area contributed by atoms with Crippen molar-refractivity contribution in [2.45, 2.75) is 51.7 Å². The van der Waals surface area contributed by atoms with Gasteiger partial charge in [0, 0.05) is 6.42 Å². The minimum absolute atomic E-state index is 0.256. The van der Waals surface area contributed by atoms with Crippen LogP contribution in [0.5, 0.6) is 0 Å². The molecule has 1 heterocycles. The molecule has 0 atom stereocenters. The molecule has 1 fully saturated rings. The van der Waals surface area contributed by atoms with Crippen molar-refractivity contribution in [3.05, 3.63) is 0 Å². The molecule has 0 aromatic carbocycles. The number of rotatable bonds is 5. The Labute approximate surface area is 75.2 Å². The summed E-state index contributed by atoms with van der Waals surface area (Å²) in [5.74, 6) is -0.256. The second-order valence-corrected chi connectivity index (χ2v) is 3.64. The van der Waals surface area contributed by atoms with Crippen LogP contribution in [0.4, 0.5) is 0 Å². The molecule has 0 N–H and O–H groups in total. The van der Waals surface area contributed by atoms with Gasteiger partial charge in [0.05, 0.1) is 13.2 Å². The summed E-state index contributed by atoms with van der Waals surface area (Å²) < 4.78 is 11.0. The van der Waals surface area contributed by atoms with Gasteiger partial charge in [-0.15, -0.1) is 0 Å². The Bertz CT molecular complexity index is 117. The quantitative estimate of drug-likeness (QED) is 0.594. The summed E-state index contributed by atoms with van der Waals surface area (Å²) in [6, 6.07) is 0. The van der Waals surface area contributed by atoms with E-state index in [0.29, 0.717) is 0 Å². The first kappa shape index (κ1) is 10.0. The summed E-state index contributed by atoms with van der Waals surface area (Å²) in [7, 11) is 0. The predicted octanol–water partition coefficient (Wildman–Crippen LogP) is 2.72. The second kappa shape index (κ2) is 4.83. The van der Waals surface area contributed by atoms with Gasteiger partial charge in [-0.1, -0.05) is 26.2 Å². The number of unbranched alkanes of at least 4 members (excludes halogenated alkanes) is 3. The van der Waals surface area contributed by atoms with Gasteiger partial charge < -0.3 is 9.47 Å². The largest absolute Gasteiger partial charge is 0.348 e. The van der Waals surface area contributed by atoms with Crippen LogP contribution in [0.3, 0.4) is 0 Å². The number of ether oxygens (including phenoxy) is 2. The van der Waals surface area contributed by atoms with Crippen molar-refractivity contribution in [2.24, 2.45) is 0 Å². The zero-order valence-electron chi connectivity index (χ0n) is 8.27.